The Balaban J connectivity index is 0.000000532. The number of rotatable bonds is 5. The van der Waals surface area contributed by atoms with Crippen LogP contribution >= 0.6 is 27.5 Å². The molecule has 3 N–H and O–H groups in total. The first-order valence-electron chi connectivity index (χ1n) is 12.1. The minimum absolute atomic E-state index is 0.0577. The molecular formula is C26H30BrClF3N3O5. The molecule has 2 aromatic carbocycles. The number of methoxy groups -OCH3 is 2. The van der Waals surface area contributed by atoms with E-state index in [1.165, 1.54) is 5.56 Å². The lowest BCUT2D eigenvalue weighted by Gasteiger charge is -2.45. The second-order valence-electron chi connectivity index (χ2n) is 9.47. The summed E-state index contributed by atoms with van der Waals surface area (Å²) < 4.78 is 43.5. The molecule has 3 unspecified atom stereocenters. The fraction of sp³-hybridized carbons (Fsp3) is 0.462. The molecule has 0 aromatic heterocycles. The van der Waals surface area contributed by atoms with Crippen molar-refractivity contribution in [1.82, 2.24) is 10.2 Å². The Morgan fingerprint density at radius 1 is 1.13 bits per heavy atom. The molecule has 2 aliphatic rings. The number of aliphatic carboxylic acids is 1. The standard InChI is InChI=1S/C24H29BrClN3O3.C2HF3O2/c1-29-11-10-24(15-4-7-20(31-2)21(12-15)32-3)9-8-17(14-22(24)29)28-23(30)27-16-5-6-18(25)19(26)13-16;3-2(4,5)1(6)7/h4-7,12-13,17,22H,8-11,14H2,1-3H3,(H2,27,28,30);(H,6,7). The summed E-state index contributed by atoms with van der Waals surface area (Å²) in [5, 5.41) is 13.8. The van der Waals surface area contributed by atoms with Crippen molar-refractivity contribution < 1.29 is 37.3 Å². The smallest absolute Gasteiger partial charge is 0.490 e. The number of nitrogens with zero attached hydrogens (tertiary/aromatic N) is 1. The first kappa shape index (κ1) is 30.8. The lowest BCUT2D eigenvalue weighted by molar-refractivity contribution is -0.192. The molecule has 1 heterocycles. The van der Waals surface area contributed by atoms with Gasteiger partial charge in [0, 0.05) is 27.7 Å². The summed E-state index contributed by atoms with van der Waals surface area (Å²) in [7, 11) is 5.52. The first-order chi connectivity index (χ1) is 18.3. The maximum Gasteiger partial charge on any atom is 0.490 e. The number of likely N-dealkylation sites (tertiary alicyclic amines) is 1. The second-order valence-corrected chi connectivity index (χ2v) is 10.7. The summed E-state index contributed by atoms with van der Waals surface area (Å²) >= 11 is 9.51. The normalized spacial score (nSPS) is 22.7. The maximum atomic E-state index is 12.6. The molecule has 0 spiro atoms. The number of carboxylic acids is 1. The average Bonchev–Trinajstić information content (AvgIpc) is 3.22. The number of anilines is 1. The van der Waals surface area contributed by atoms with Crippen LogP contribution in [-0.2, 0) is 10.2 Å². The van der Waals surface area contributed by atoms with E-state index in [0.29, 0.717) is 16.8 Å². The van der Waals surface area contributed by atoms with E-state index in [1.807, 2.05) is 18.2 Å². The highest BCUT2D eigenvalue weighted by atomic mass is 79.9. The summed E-state index contributed by atoms with van der Waals surface area (Å²) in [5.41, 5.74) is 2.02. The van der Waals surface area contributed by atoms with Crippen molar-refractivity contribution in [2.24, 2.45) is 0 Å². The molecule has 1 saturated heterocycles. The van der Waals surface area contributed by atoms with Gasteiger partial charge in [-0.05, 0) is 91.1 Å². The third-order valence-corrected chi connectivity index (χ3v) is 8.47. The number of fused-ring (bicyclic) bond motifs is 1. The molecule has 3 atom stereocenters. The number of carboxylic acid groups (broad SMARTS) is 1. The van der Waals surface area contributed by atoms with Crippen LogP contribution in [-0.4, -0.2) is 68.1 Å². The second kappa shape index (κ2) is 12.6. The van der Waals surface area contributed by atoms with Gasteiger partial charge in [0.1, 0.15) is 0 Å². The third-order valence-electron chi connectivity index (χ3n) is 7.24. The van der Waals surface area contributed by atoms with Gasteiger partial charge < -0.3 is 30.1 Å². The van der Waals surface area contributed by atoms with Gasteiger partial charge >= 0.3 is 18.2 Å². The number of hydrogen-bond acceptors (Lipinski definition) is 5. The highest BCUT2D eigenvalue weighted by Gasteiger charge is 2.50. The number of ether oxygens (including phenoxy) is 2. The van der Waals surface area contributed by atoms with Crippen molar-refractivity contribution in [2.75, 3.05) is 33.1 Å². The highest BCUT2D eigenvalue weighted by molar-refractivity contribution is 9.10. The number of carbonyl (C=O) groups excluding carboxylic acids is 1. The van der Waals surface area contributed by atoms with Crippen LogP contribution in [0, 0.1) is 0 Å². The molecule has 214 valence electrons. The van der Waals surface area contributed by atoms with Crippen LogP contribution in [0.1, 0.15) is 31.2 Å². The van der Waals surface area contributed by atoms with Crippen LogP contribution in [0.4, 0.5) is 23.7 Å². The van der Waals surface area contributed by atoms with Crippen molar-refractivity contribution in [1.29, 1.82) is 0 Å². The quantitative estimate of drug-likeness (QED) is 0.369. The minimum atomic E-state index is -5.08. The molecule has 2 amide bonds. The Bertz CT molecular complexity index is 1200. The fourth-order valence-electron chi connectivity index (χ4n) is 5.32. The van der Waals surface area contributed by atoms with Crippen LogP contribution in [0.2, 0.25) is 5.02 Å². The fourth-order valence-corrected chi connectivity index (χ4v) is 5.75. The predicted molar refractivity (Wildman–Crippen MR) is 145 cm³/mol. The van der Waals surface area contributed by atoms with Gasteiger partial charge in [-0.1, -0.05) is 17.7 Å². The van der Waals surface area contributed by atoms with Gasteiger partial charge in [-0.15, -0.1) is 0 Å². The number of halogens is 5. The SMILES string of the molecule is COc1ccc(C23CCC(NC(=O)Nc4ccc(Br)c(Cl)c4)CC2N(C)CC3)cc1OC.O=C(O)C(F)(F)F. The van der Waals surface area contributed by atoms with Gasteiger partial charge in [0.15, 0.2) is 11.5 Å². The maximum absolute atomic E-state index is 12.6. The van der Waals surface area contributed by atoms with Crippen molar-refractivity contribution in [3.63, 3.8) is 0 Å². The lowest BCUT2D eigenvalue weighted by atomic mass is 9.65. The van der Waals surface area contributed by atoms with Crippen LogP contribution in [0.15, 0.2) is 40.9 Å². The summed E-state index contributed by atoms with van der Waals surface area (Å²) in [5.74, 6) is -1.25. The molecule has 0 bridgehead atoms. The molecule has 2 aromatic rings. The van der Waals surface area contributed by atoms with Gasteiger partial charge in [-0.3, -0.25) is 0 Å². The number of alkyl halides is 3. The van der Waals surface area contributed by atoms with Crippen molar-refractivity contribution >= 4 is 45.2 Å². The highest BCUT2D eigenvalue weighted by Crippen LogP contribution is 2.49. The Kier molecular flexibility index (Phi) is 10.0. The van der Waals surface area contributed by atoms with E-state index >= 15 is 0 Å². The molecule has 8 nitrogen and oxygen atoms in total. The van der Waals surface area contributed by atoms with Gasteiger partial charge in [0.2, 0.25) is 0 Å². The van der Waals surface area contributed by atoms with E-state index in [-0.39, 0.29) is 17.5 Å². The zero-order chi connectivity index (χ0) is 29.0. The Hall–Kier alpha value is -2.70. The topological polar surface area (TPSA) is 100 Å². The molecule has 0 radical (unpaired) electrons. The van der Waals surface area contributed by atoms with Crippen LogP contribution in [0.3, 0.4) is 0 Å². The molecule has 1 aliphatic heterocycles. The summed E-state index contributed by atoms with van der Waals surface area (Å²) in [6.07, 6.45) is -1.15. The van der Waals surface area contributed by atoms with Gasteiger partial charge in [-0.2, -0.15) is 13.2 Å². The van der Waals surface area contributed by atoms with Gasteiger partial charge in [0.05, 0.1) is 19.2 Å². The van der Waals surface area contributed by atoms with Gasteiger partial charge in [0.25, 0.3) is 0 Å². The Labute approximate surface area is 237 Å². The van der Waals surface area contributed by atoms with E-state index in [9.17, 15) is 18.0 Å². The van der Waals surface area contributed by atoms with Gasteiger partial charge in [-0.25, -0.2) is 9.59 Å². The monoisotopic (exact) mass is 635 g/mol. The molecule has 2 fully saturated rings. The number of likely N-dealkylation sites (N-methyl/N-ethyl adjacent to an activating group) is 1. The zero-order valence-electron chi connectivity index (χ0n) is 21.6. The number of hydrogen-bond donors (Lipinski definition) is 3. The van der Waals surface area contributed by atoms with E-state index in [0.717, 1.165) is 48.2 Å². The molecule has 1 saturated carbocycles. The Morgan fingerprint density at radius 3 is 2.38 bits per heavy atom. The molecule has 1 aliphatic carbocycles. The summed E-state index contributed by atoms with van der Waals surface area (Å²) in [6.45, 7) is 1.04. The molecule has 4 rings (SSSR count). The van der Waals surface area contributed by atoms with E-state index < -0.39 is 12.1 Å². The number of carbonyl (C=O) groups is 2. The van der Waals surface area contributed by atoms with Crippen molar-refractivity contribution in [2.45, 2.75) is 49.4 Å². The van der Waals surface area contributed by atoms with Crippen molar-refractivity contribution in [3.8, 4) is 11.5 Å². The van der Waals surface area contributed by atoms with Crippen LogP contribution in [0.25, 0.3) is 0 Å². The Morgan fingerprint density at radius 2 is 1.79 bits per heavy atom. The summed E-state index contributed by atoms with van der Waals surface area (Å²) in [6, 6.07) is 11.9. The molecule has 13 heteroatoms. The zero-order valence-corrected chi connectivity index (χ0v) is 23.9. The first-order valence-corrected chi connectivity index (χ1v) is 13.2. The van der Waals surface area contributed by atoms with E-state index in [4.69, 9.17) is 31.0 Å². The molecule has 39 heavy (non-hydrogen) atoms. The predicted octanol–water partition coefficient (Wildman–Crippen LogP) is 6.07. The average molecular weight is 637 g/mol. The van der Waals surface area contributed by atoms with Crippen LogP contribution in [0.5, 0.6) is 11.5 Å². The van der Waals surface area contributed by atoms with Crippen molar-refractivity contribution in [3.05, 3.63) is 51.5 Å². The number of benzene rings is 2. The van der Waals surface area contributed by atoms with E-state index in [1.54, 1.807) is 20.3 Å². The molecular weight excluding hydrogens is 607 g/mol. The minimum Gasteiger partial charge on any atom is -0.493 e. The summed E-state index contributed by atoms with van der Waals surface area (Å²) in [4.78, 5) is 24.0. The number of nitrogens with one attached hydrogen (secondary N) is 2. The number of amides is 2. The largest absolute Gasteiger partial charge is 0.493 e. The van der Waals surface area contributed by atoms with E-state index in [2.05, 4.69) is 50.6 Å². The van der Waals surface area contributed by atoms with Crippen LogP contribution < -0.4 is 20.1 Å². The number of urea groups is 1. The third kappa shape index (κ3) is 7.29. The lowest BCUT2D eigenvalue weighted by Crippen LogP contribution is -2.52.